The average Bonchev–Trinajstić information content (AvgIpc) is 2.99. The Morgan fingerprint density at radius 3 is 3.24 bits per heavy atom. The Hall–Kier alpha value is -1.39. The highest BCUT2D eigenvalue weighted by atomic mass is 32.1. The summed E-state index contributed by atoms with van der Waals surface area (Å²) in [4.78, 5) is 4.26. The van der Waals surface area contributed by atoms with Crippen LogP contribution in [0.4, 0.5) is 5.69 Å². The molecule has 2 aromatic rings. The topological polar surface area (TPSA) is 37.0 Å². The summed E-state index contributed by atoms with van der Waals surface area (Å²) in [5.41, 5.74) is 7.13. The number of benzene rings is 1. The van der Waals surface area contributed by atoms with Crippen LogP contribution in [-0.2, 0) is 19.5 Å². The van der Waals surface area contributed by atoms with Crippen molar-refractivity contribution in [3.63, 3.8) is 0 Å². The highest BCUT2D eigenvalue weighted by molar-refractivity contribution is 7.07. The zero-order valence-electron chi connectivity index (χ0n) is 9.57. The molecule has 0 amide bonds. The smallest absolute Gasteiger partial charge is 0.0795 e. The van der Waals surface area contributed by atoms with Gasteiger partial charge >= 0.3 is 0 Å². The Morgan fingerprint density at radius 1 is 1.35 bits per heavy atom. The Bertz CT molecular complexity index is 493. The summed E-state index contributed by atoms with van der Waals surface area (Å²) in [7, 11) is 0. The zero-order valence-corrected chi connectivity index (χ0v) is 10.4. The van der Waals surface area contributed by atoms with Gasteiger partial charge in [0.2, 0.25) is 0 Å². The van der Waals surface area contributed by atoms with Crippen LogP contribution in [0.25, 0.3) is 0 Å². The standard InChI is InChI=1S/C13H15N3S/c1-2-10-4-5-15-13(10)11(3-1)6-14-7-12-8-17-9-16-12/h1-3,8-9,14-15H,4-7H2. The van der Waals surface area contributed by atoms with Crippen LogP contribution in [0.3, 0.4) is 0 Å². The minimum absolute atomic E-state index is 0.840. The Kier molecular flexibility index (Phi) is 3.07. The van der Waals surface area contributed by atoms with E-state index in [1.807, 2.05) is 5.51 Å². The number of fused-ring (bicyclic) bond motifs is 1. The lowest BCUT2D eigenvalue weighted by Gasteiger charge is -2.09. The van der Waals surface area contributed by atoms with E-state index in [-0.39, 0.29) is 0 Å². The monoisotopic (exact) mass is 245 g/mol. The van der Waals surface area contributed by atoms with E-state index in [1.165, 1.54) is 16.8 Å². The second-order valence-electron chi connectivity index (χ2n) is 4.21. The fraction of sp³-hybridized carbons (Fsp3) is 0.308. The van der Waals surface area contributed by atoms with Gasteiger partial charge in [-0.15, -0.1) is 11.3 Å². The molecule has 17 heavy (non-hydrogen) atoms. The molecule has 0 saturated heterocycles. The highest BCUT2D eigenvalue weighted by Crippen LogP contribution is 2.26. The summed E-state index contributed by atoms with van der Waals surface area (Å²) < 4.78 is 0. The molecule has 2 N–H and O–H groups in total. The minimum atomic E-state index is 0.840. The molecular formula is C13H15N3S. The Balaban J connectivity index is 1.64. The van der Waals surface area contributed by atoms with Crippen LogP contribution in [-0.4, -0.2) is 11.5 Å². The van der Waals surface area contributed by atoms with Crippen molar-refractivity contribution < 1.29 is 0 Å². The zero-order chi connectivity index (χ0) is 11.5. The van der Waals surface area contributed by atoms with Crippen molar-refractivity contribution in [2.45, 2.75) is 19.5 Å². The third-order valence-corrected chi connectivity index (χ3v) is 3.67. The van der Waals surface area contributed by atoms with E-state index in [0.29, 0.717) is 0 Å². The first-order chi connectivity index (χ1) is 8.43. The molecule has 0 atom stereocenters. The number of rotatable bonds is 4. The minimum Gasteiger partial charge on any atom is -0.384 e. The molecular weight excluding hydrogens is 230 g/mol. The molecule has 0 bridgehead atoms. The van der Waals surface area contributed by atoms with Gasteiger partial charge in [0.1, 0.15) is 0 Å². The normalized spacial score (nSPS) is 13.4. The summed E-state index contributed by atoms with van der Waals surface area (Å²) in [6.07, 6.45) is 1.15. The first-order valence-electron chi connectivity index (χ1n) is 5.86. The van der Waals surface area contributed by atoms with Crippen LogP contribution in [0.15, 0.2) is 29.1 Å². The SMILES string of the molecule is c1cc2c(c(CNCc3cscn3)c1)NCC2. The highest BCUT2D eigenvalue weighted by Gasteiger charge is 2.12. The number of para-hydroxylation sites is 1. The van der Waals surface area contributed by atoms with Crippen LogP contribution in [0.1, 0.15) is 16.8 Å². The van der Waals surface area contributed by atoms with Crippen molar-refractivity contribution in [2.75, 3.05) is 11.9 Å². The van der Waals surface area contributed by atoms with E-state index in [9.17, 15) is 0 Å². The molecule has 1 aliphatic heterocycles. The molecule has 0 fully saturated rings. The number of nitrogens with one attached hydrogen (secondary N) is 2. The van der Waals surface area contributed by atoms with Gasteiger partial charge in [-0.2, -0.15) is 0 Å². The van der Waals surface area contributed by atoms with E-state index >= 15 is 0 Å². The van der Waals surface area contributed by atoms with Crippen molar-refractivity contribution in [3.8, 4) is 0 Å². The van der Waals surface area contributed by atoms with Crippen LogP contribution in [0.2, 0.25) is 0 Å². The van der Waals surface area contributed by atoms with E-state index < -0.39 is 0 Å². The largest absolute Gasteiger partial charge is 0.384 e. The molecule has 0 saturated carbocycles. The number of aromatic nitrogens is 1. The van der Waals surface area contributed by atoms with Crippen molar-refractivity contribution in [2.24, 2.45) is 0 Å². The van der Waals surface area contributed by atoms with E-state index in [2.05, 4.69) is 39.2 Å². The quantitative estimate of drug-likeness (QED) is 0.868. The number of hydrogen-bond donors (Lipinski definition) is 2. The molecule has 1 aromatic carbocycles. The lowest BCUT2D eigenvalue weighted by Crippen LogP contribution is -2.13. The average molecular weight is 245 g/mol. The number of nitrogens with zero attached hydrogens (tertiary/aromatic N) is 1. The molecule has 88 valence electrons. The molecule has 4 heteroatoms. The predicted molar refractivity (Wildman–Crippen MR) is 71.3 cm³/mol. The molecule has 0 aliphatic carbocycles. The molecule has 3 rings (SSSR count). The molecule has 1 aliphatic rings. The molecule has 1 aromatic heterocycles. The summed E-state index contributed by atoms with van der Waals surface area (Å²) in [5.74, 6) is 0. The van der Waals surface area contributed by atoms with Crippen molar-refractivity contribution in [1.29, 1.82) is 0 Å². The third kappa shape index (κ3) is 2.33. The maximum atomic E-state index is 4.26. The first-order valence-corrected chi connectivity index (χ1v) is 6.80. The van der Waals surface area contributed by atoms with E-state index in [0.717, 1.165) is 31.7 Å². The predicted octanol–water partition coefficient (Wildman–Crippen LogP) is 2.40. The van der Waals surface area contributed by atoms with Crippen molar-refractivity contribution >= 4 is 17.0 Å². The number of hydrogen-bond acceptors (Lipinski definition) is 4. The summed E-state index contributed by atoms with van der Waals surface area (Å²) in [6, 6.07) is 6.54. The van der Waals surface area contributed by atoms with E-state index in [1.54, 1.807) is 11.3 Å². The van der Waals surface area contributed by atoms with Gasteiger partial charge in [0.15, 0.2) is 0 Å². The van der Waals surface area contributed by atoms with Crippen LogP contribution >= 0.6 is 11.3 Å². The van der Waals surface area contributed by atoms with Gasteiger partial charge in [-0.1, -0.05) is 18.2 Å². The molecule has 3 nitrogen and oxygen atoms in total. The Morgan fingerprint density at radius 2 is 2.35 bits per heavy atom. The van der Waals surface area contributed by atoms with Gasteiger partial charge in [0, 0.05) is 30.7 Å². The first kappa shape index (κ1) is 10.7. The van der Waals surface area contributed by atoms with Gasteiger partial charge in [-0.25, -0.2) is 4.98 Å². The lowest BCUT2D eigenvalue weighted by molar-refractivity contribution is 0.683. The van der Waals surface area contributed by atoms with Crippen molar-refractivity contribution in [1.82, 2.24) is 10.3 Å². The Labute approximate surface area is 105 Å². The van der Waals surface area contributed by atoms with Gasteiger partial charge < -0.3 is 10.6 Å². The van der Waals surface area contributed by atoms with Gasteiger partial charge in [-0.3, -0.25) is 0 Å². The molecule has 2 heterocycles. The second-order valence-corrected chi connectivity index (χ2v) is 4.93. The molecule has 0 spiro atoms. The van der Waals surface area contributed by atoms with Gasteiger partial charge in [0.05, 0.1) is 11.2 Å². The fourth-order valence-corrected chi connectivity index (χ4v) is 2.77. The van der Waals surface area contributed by atoms with Crippen molar-refractivity contribution in [3.05, 3.63) is 45.9 Å². The van der Waals surface area contributed by atoms with Crippen LogP contribution in [0, 0.1) is 0 Å². The molecule has 0 unspecified atom stereocenters. The summed E-state index contributed by atoms with van der Waals surface area (Å²) in [6.45, 7) is 2.80. The van der Waals surface area contributed by atoms with Crippen LogP contribution in [0.5, 0.6) is 0 Å². The second kappa shape index (κ2) is 4.85. The van der Waals surface area contributed by atoms with Gasteiger partial charge in [-0.05, 0) is 17.5 Å². The summed E-state index contributed by atoms with van der Waals surface area (Å²) >= 11 is 1.64. The third-order valence-electron chi connectivity index (χ3n) is 3.04. The van der Waals surface area contributed by atoms with E-state index in [4.69, 9.17) is 0 Å². The fourth-order valence-electron chi connectivity index (χ4n) is 2.21. The van der Waals surface area contributed by atoms with Gasteiger partial charge in [0.25, 0.3) is 0 Å². The summed E-state index contributed by atoms with van der Waals surface area (Å²) in [5, 5.41) is 8.98. The maximum absolute atomic E-state index is 4.26. The maximum Gasteiger partial charge on any atom is 0.0795 e. The number of anilines is 1. The van der Waals surface area contributed by atoms with Crippen LogP contribution < -0.4 is 10.6 Å². The lowest BCUT2D eigenvalue weighted by atomic mass is 10.1. The number of thiazole rings is 1. The molecule has 0 radical (unpaired) electrons.